The lowest BCUT2D eigenvalue weighted by Gasteiger charge is -2.12. The molecule has 1 heterocycles. The first-order valence-electron chi connectivity index (χ1n) is 8.68. The highest BCUT2D eigenvalue weighted by atomic mass is 16.4. The quantitative estimate of drug-likeness (QED) is 0.761. The number of aromatic nitrogens is 1. The molecule has 0 bridgehead atoms. The molecule has 1 aliphatic carbocycles. The number of carboxylic acids is 1. The number of aromatic carboxylic acids is 1. The molecular weight excluding hydrogens is 324 g/mol. The van der Waals surface area contributed by atoms with Crippen molar-refractivity contribution in [1.29, 1.82) is 0 Å². The van der Waals surface area contributed by atoms with Crippen LogP contribution in [-0.2, 0) is 6.42 Å². The van der Waals surface area contributed by atoms with E-state index in [1.54, 1.807) is 0 Å². The molecule has 0 radical (unpaired) electrons. The van der Waals surface area contributed by atoms with E-state index in [-0.39, 0.29) is 0 Å². The Balaban J connectivity index is 1.83. The number of carbonyl (C=O) groups is 1. The van der Waals surface area contributed by atoms with Gasteiger partial charge >= 0.3 is 5.97 Å². The van der Waals surface area contributed by atoms with Gasteiger partial charge in [0.2, 0.25) is 0 Å². The zero-order chi connectivity index (χ0) is 18.3. The number of anilines is 1. The predicted molar refractivity (Wildman–Crippen MR) is 106 cm³/mol. The summed E-state index contributed by atoms with van der Waals surface area (Å²) in [6.45, 7) is 0. The molecule has 1 N–H and O–H groups in total. The molecule has 0 saturated heterocycles. The first kappa shape index (κ1) is 16.3. The summed E-state index contributed by atoms with van der Waals surface area (Å²) in [6, 6.07) is 15.8. The maximum Gasteiger partial charge on any atom is 0.336 e. The van der Waals surface area contributed by atoms with Gasteiger partial charge in [0.15, 0.2) is 0 Å². The molecule has 130 valence electrons. The first-order valence-corrected chi connectivity index (χ1v) is 8.68. The number of hydrogen-bond acceptors (Lipinski definition) is 3. The van der Waals surface area contributed by atoms with Crippen LogP contribution in [0.3, 0.4) is 0 Å². The second kappa shape index (κ2) is 6.30. The summed E-state index contributed by atoms with van der Waals surface area (Å²) in [7, 11) is 4.03. The monoisotopic (exact) mass is 344 g/mol. The maximum absolute atomic E-state index is 11.9. The summed E-state index contributed by atoms with van der Waals surface area (Å²) in [5.41, 5.74) is 6.17. The fourth-order valence-corrected chi connectivity index (χ4v) is 3.59. The molecule has 26 heavy (non-hydrogen) atoms. The van der Waals surface area contributed by atoms with Gasteiger partial charge < -0.3 is 10.0 Å². The Morgan fingerprint density at radius 3 is 2.50 bits per heavy atom. The van der Waals surface area contributed by atoms with Gasteiger partial charge in [0, 0.05) is 25.2 Å². The average molecular weight is 344 g/mol. The molecule has 4 rings (SSSR count). The van der Waals surface area contributed by atoms with E-state index in [0.29, 0.717) is 5.56 Å². The third-order valence-electron chi connectivity index (χ3n) is 4.91. The van der Waals surface area contributed by atoms with Crippen LogP contribution in [-0.4, -0.2) is 30.2 Å². The molecule has 0 fully saturated rings. The molecule has 1 aromatic heterocycles. The number of rotatable bonds is 3. The molecule has 2 aromatic carbocycles. The highest BCUT2D eigenvalue weighted by Gasteiger charge is 2.26. The third kappa shape index (κ3) is 2.73. The standard InChI is InChI=1S/C22H20N2O2/c1-24(2)16-10-7-14(8-11-16)13-15-9-12-18-20(22(25)26)17-5-3-4-6-19(17)23-21(15)18/h3-8,10-11,13H,9,12H2,1-2H3,(H,25,26). The van der Waals surface area contributed by atoms with E-state index in [2.05, 4.69) is 35.2 Å². The number of hydrogen-bond donors (Lipinski definition) is 1. The van der Waals surface area contributed by atoms with Gasteiger partial charge in [0.1, 0.15) is 0 Å². The van der Waals surface area contributed by atoms with Gasteiger partial charge in [-0.05, 0) is 53.8 Å². The lowest BCUT2D eigenvalue weighted by Crippen LogP contribution is -2.07. The van der Waals surface area contributed by atoms with E-state index in [0.717, 1.165) is 51.8 Å². The topological polar surface area (TPSA) is 53.4 Å². The highest BCUT2D eigenvalue weighted by Crippen LogP contribution is 2.37. The van der Waals surface area contributed by atoms with Crippen molar-refractivity contribution in [2.75, 3.05) is 19.0 Å². The average Bonchev–Trinajstić information content (AvgIpc) is 3.02. The van der Waals surface area contributed by atoms with Crippen molar-refractivity contribution >= 4 is 34.2 Å². The maximum atomic E-state index is 11.9. The number of nitrogens with zero attached hydrogens (tertiary/aromatic N) is 2. The Kier molecular flexibility index (Phi) is 3.96. The SMILES string of the molecule is CN(C)c1ccc(C=C2CCc3c2nc2ccccc2c3C(=O)O)cc1. The van der Waals surface area contributed by atoms with Crippen LogP contribution in [0.1, 0.15) is 33.6 Å². The van der Waals surface area contributed by atoms with Crippen molar-refractivity contribution in [3.8, 4) is 0 Å². The van der Waals surface area contributed by atoms with Crippen molar-refractivity contribution in [1.82, 2.24) is 4.98 Å². The highest BCUT2D eigenvalue weighted by molar-refractivity contribution is 6.06. The summed E-state index contributed by atoms with van der Waals surface area (Å²) < 4.78 is 0. The fraction of sp³-hybridized carbons (Fsp3) is 0.182. The molecule has 3 aromatic rings. The summed E-state index contributed by atoms with van der Waals surface area (Å²) >= 11 is 0. The number of para-hydroxylation sites is 1. The van der Waals surface area contributed by atoms with E-state index in [1.807, 2.05) is 38.4 Å². The van der Waals surface area contributed by atoms with Crippen LogP contribution >= 0.6 is 0 Å². The Labute approximate surface area is 152 Å². The lowest BCUT2D eigenvalue weighted by molar-refractivity contribution is 0.0698. The molecule has 0 unspecified atom stereocenters. The van der Waals surface area contributed by atoms with Crippen molar-refractivity contribution in [2.45, 2.75) is 12.8 Å². The molecule has 0 spiro atoms. The summed E-state index contributed by atoms with van der Waals surface area (Å²) in [4.78, 5) is 18.7. The third-order valence-corrected chi connectivity index (χ3v) is 4.91. The molecule has 0 saturated carbocycles. The molecule has 0 aliphatic heterocycles. The van der Waals surface area contributed by atoms with Crippen LogP contribution in [0, 0.1) is 0 Å². The van der Waals surface area contributed by atoms with Gasteiger partial charge in [-0.2, -0.15) is 0 Å². The Morgan fingerprint density at radius 2 is 1.81 bits per heavy atom. The van der Waals surface area contributed by atoms with E-state index in [9.17, 15) is 9.90 Å². The normalized spacial score (nSPS) is 14.6. The molecule has 0 amide bonds. The lowest BCUT2D eigenvalue weighted by atomic mass is 10.0. The van der Waals surface area contributed by atoms with Gasteiger partial charge in [-0.3, -0.25) is 0 Å². The number of fused-ring (bicyclic) bond motifs is 2. The van der Waals surface area contributed by atoms with Gasteiger partial charge in [0.05, 0.1) is 16.8 Å². The zero-order valence-corrected chi connectivity index (χ0v) is 14.9. The van der Waals surface area contributed by atoms with Gasteiger partial charge in [-0.1, -0.05) is 30.3 Å². The number of allylic oxidation sites excluding steroid dienone is 1. The summed E-state index contributed by atoms with van der Waals surface area (Å²) in [6.07, 6.45) is 3.66. The largest absolute Gasteiger partial charge is 0.478 e. The number of pyridine rings is 1. The molecule has 0 atom stereocenters. The zero-order valence-electron chi connectivity index (χ0n) is 14.9. The van der Waals surface area contributed by atoms with Crippen LogP contribution in [0.4, 0.5) is 5.69 Å². The van der Waals surface area contributed by atoms with Gasteiger partial charge in [-0.15, -0.1) is 0 Å². The summed E-state index contributed by atoms with van der Waals surface area (Å²) in [5.74, 6) is -0.878. The van der Waals surface area contributed by atoms with Crippen LogP contribution in [0.5, 0.6) is 0 Å². The second-order valence-corrected chi connectivity index (χ2v) is 6.79. The van der Waals surface area contributed by atoms with E-state index in [1.165, 1.54) is 0 Å². The van der Waals surface area contributed by atoms with Crippen LogP contribution in [0.2, 0.25) is 0 Å². The molecule has 4 heteroatoms. The van der Waals surface area contributed by atoms with Crippen LogP contribution in [0.25, 0.3) is 22.6 Å². The predicted octanol–water partition coefficient (Wildman–Crippen LogP) is 4.49. The van der Waals surface area contributed by atoms with Gasteiger partial charge in [0.25, 0.3) is 0 Å². The Hall–Kier alpha value is -3.14. The van der Waals surface area contributed by atoms with Gasteiger partial charge in [-0.25, -0.2) is 9.78 Å². The van der Waals surface area contributed by atoms with Crippen molar-refractivity contribution in [3.63, 3.8) is 0 Å². The number of carboxylic acid groups (broad SMARTS) is 1. The first-order chi connectivity index (χ1) is 12.5. The van der Waals surface area contributed by atoms with Crippen molar-refractivity contribution in [2.24, 2.45) is 0 Å². The minimum atomic E-state index is -0.878. The smallest absolute Gasteiger partial charge is 0.336 e. The number of benzene rings is 2. The molecular formula is C22H20N2O2. The molecule has 1 aliphatic rings. The van der Waals surface area contributed by atoms with E-state index < -0.39 is 5.97 Å². The minimum absolute atomic E-state index is 0.400. The van der Waals surface area contributed by atoms with Crippen LogP contribution < -0.4 is 4.90 Å². The summed E-state index contributed by atoms with van der Waals surface area (Å²) in [5, 5.41) is 10.5. The van der Waals surface area contributed by atoms with Crippen molar-refractivity contribution in [3.05, 3.63) is 70.9 Å². The van der Waals surface area contributed by atoms with Crippen molar-refractivity contribution < 1.29 is 9.90 Å². The Morgan fingerprint density at radius 1 is 1.08 bits per heavy atom. The fourth-order valence-electron chi connectivity index (χ4n) is 3.59. The van der Waals surface area contributed by atoms with Crippen LogP contribution in [0.15, 0.2) is 48.5 Å². The minimum Gasteiger partial charge on any atom is -0.478 e. The molecule has 4 nitrogen and oxygen atoms in total. The van der Waals surface area contributed by atoms with E-state index in [4.69, 9.17) is 4.98 Å². The second-order valence-electron chi connectivity index (χ2n) is 6.79. The van der Waals surface area contributed by atoms with E-state index >= 15 is 0 Å². The Bertz CT molecular complexity index is 1030.